The third kappa shape index (κ3) is 4.65. The molecule has 10 rings (SSSR count). The lowest BCUT2D eigenvalue weighted by Gasteiger charge is -2.27. The smallest absolute Gasteiger partial charge is 0.0615 e. The SMILES string of the molecule is C1=Cc2cc(N(c3ccc(-c4ccccc4)cc3)c3ccc(-c4ccccc4)cc3)cc3c4cc5ccccc5cc4n(c23)-c2ccccc21. The molecule has 0 N–H and O–H groups in total. The Hall–Kier alpha value is -6.64. The van der Waals surface area contributed by atoms with E-state index in [1.165, 1.54) is 71.6 Å². The summed E-state index contributed by atoms with van der Waals surface area (Å²) >= 11 is 0. The molecular weight excluding hydrogens is 605 g/mol. The number of hydrogen-bond donors (Lipinski definition) is 0. The summed E-state index contributed by atoms with van der Waals surface area (Å²) in [5.74, 6) is 0. The number of anilines is 3. The Kier molecular flexibility index (Phi) is 6.53. The summed E-state index contributed by atoms with van der Waals surface area (Å²) in [4.78, 5) is 2.40. The van der Waals surface area contributed by atoms with Gasteiger partial charge in [0.05, 0.1) is 16.7 Å². The number of nitrogens with zero attached hydrogens (tertiary/aromatic N) is 2. The predicted molar refractivity (Wildman–Crippen MR) is 213 cm³/mol. The Morgan fingerprint density at radius 1 is 0.360 bits per heavy atom. The standard InChI is InChI=1S/C48H32N2/c1-3-11-33(12-4-1)35-21-25-41(26-22-35)49(42-27-23-36(24-28-42)34-13-5-2-6-14-34)43-29-40-20-19-37-15-9-10-18-46(37)50-47-31-39-17-8-7-16-38(39)30-44(47)45(32-43)48(40)50/h1-32H. The molecule has 0 spiro atoms. The molecule has 1 aliphatic heterocycles. The van der Waals surface area contributed by atoms with Crippen LogP contribution in [0, 0.1) is 0 Å². The van der Waals surface area contributed by atoms with Gasteiger partial charge >= 0.3 is 0 Å². The minimum absolute atomic E-state index is 1.11. The molecular formula is C48H32N2. The molecule has 2 heteroatoms. The minimum atomic E-state index is 1.11. The van der Waals surface area contributed by atoms with E-state index in [0.29, 0.717) is 0 Å². The van der Waals surface area contributed by atoms with Crippen molar-refractivity contribution in [3.63, 3.8) is 0 Å². The van der Waals surface area contributed by atoms with Gasteiger partial charge in [-0.2, -0.15) is 0 Å². The van der Waals surface area contributed by atoms with Gasteiger partial charge in [0, 0.05) is 33.4 Å². The molecule has 1 aromatic heterocycles. The summed E-state index contributed by atoms with van der Waals surface area (Å²) < 4.78 is 2.47. The van der Waals surface area contributed by atoms with Crippen molar-refractivity contribution in [3.8, 4) is 27.9 Å². The molecule has 50 heavy (non-hydrogen) atoms. The topological polar surface area (TPSA) is 8.17 Å². The quantitative estimate of drug-likeness (QED) is 0.182. The molecule has 2 nitrogen and oxygen atoms in total. The third-order valence-electron chi connectivity index (χ3n) is 10.1. The molecule has 0 saturated heterocycles. The van der Waals surface area contributed by atoms with E-state index < -0.39 is 0 Å². The molecule has 8 aromatic carbocycles. The maximum absolute atomic E-state index is 2.47. The van der Waals surface area contributed by atoms with Gasteiger partial charge in [0.15, 0.2) is 0 Å². The Labute approximate surface area is 291 Å². The molecule has 2 heterocycles. The zero-order chi connectivity index (χ0) is 33.0. The maximum Gasteiger partial charge on any atom is 0.0615 e. The highest BCUT2D eigenvalue weighted by Crippen LogP contribution is 2.44. The van der Waals surface area contributed by atoms with Crippen LogP contribution >= 0.6 is 0 Å². The summed E-state index contributed by atoms with van der Waals surface area (Å²) in [5.41, 5.74) is 14.2. The first-order chi connectivity index (χ1) is 24.8. The zero-order valence-corrected chi connectivity index (χ0v) is 27.4. The van der Waals surface area contributed by atoms with Crippen LogP contribution in [0.4, 0.5) is 17.1 Å². The maximum atomic E-state index is 2.47. The van der Waals surface area contributed by atoms with Gasteiger partial charge in [-0.15, -0.1) is 0 Å². The van der Waals surface area contributed by atoms with Gasteiger partial charge in [0.2, 0.25) is 0 Å². The number of benzene rings is 8. The first kappa shape index (κ1) is 28.4. The van der Waals surface area contributed by atoms with Crippen LogP contribution in [0.3, 0.4) is 0 Å². The van der Waals surface area contributed by atoms with Gasteiger partial charge in [-0.05, 0) is 93.2 Å². The van der Waals surface area contributed by atoms with Crippen LogP contribution < -0.4 is 4.90 Å². The minimum Gasteiger partial charge on any atom is -0.310 e. The van der Waals surface area contributed by atoms with E-state index in [2.05, 4.69) is 204 Å². The lowest BCUT2D eigenvalue weighted by molar-refractivity contribution is 1.17. The second kappa shape index (κ2) is 11.5. The molecule has 234 valence electrons. The molecule has 0 saturated carbocycles. The van der Waals surface area contributed by atoms with Crippen LogP contribution in [0.2, 0.25) is 0 Å². The molecule has 0 bridgehead atoms. The number of rotatable bonds is 5. The highest BCUT2D eigenvalue weighted by atomic mass is 15.1. The van der Waals surface area contributed by atoms with Gasteiger partial charge in [0.1, 0.15) is 0 Å². The Morgan fingerprint density at radius 2 is 0.880 bits per heavy atom. The van der Waals surface area contributed by atoms with Gasteiger partial charge in [0.25, 0.3) is 0 Å². The number of fused-ring (bicyclic) bond motifs is 6. The molecule has 9 aromatic rings. The molecule has 0 amide bonds. The average Bonchev–Trinajstić information content (AvgIpc) is 3.39. The highest BCUT2D eigenvalue weighted by Gasteiger charge is 2.22. The number of aromatic nitrogens is 1. The van der Waals surface area contributed by atoms with Gasteiger partial charge in [-0.1, -0.05) is 140 Å². The van der Waals surface area contributed by atoms with E-state index in [-0.39, 0.29) is 0 Å². The predicted octanol–water partition coefficient (Wildman–Crippen LogP) is 13.2. The van der Waals surface area contributed by atoms with Crippen LogP contribution in [0.1, 0.15) is 11.1 Å². The second-order valence-electron chi connectivity index (χ2n) is 13.0. The Morgan fingerprint density at radius 3 is 1.52 bits per heavy atom. The van der Waals surface area contributed by atoms with Crippen molar-refractivity contribution in [1.82, 2.24) is 4.57 Å². The molecule has 0 aliphatic carbocycles. The van der Waals surface area contributed by atoms with Crippen LogP contribution in [0.5, 0.6) is 0 Å². The first-order valence-electron chi connectivity index (χ1n) is 17.2. The van der Waals surface area contributed by atoms with E-state index in [0.717, 1.165) is 17.1 Å². The van der Waals surface area contributed by atoms with Crippen LogP contribution in [0.25, 0.3) is 72.7 Å². The van der Waals surface area contributed by atoms with Gasteiger partial charge in [-0.3, -0.25) is 0 Å². The molecule has 0 fully saturated rings. The highest BCUT2D eigenvalue weighted by molar-refractivity contribution is 6.17. The van der Waals surface area contributed by atoms with Crippen LogP contribution in [0.15, 0.2) is 182 Å². The van der Waals surface area contributed by atoms with Crippen LogP contribution in [-0.4, -0.2) is 4.57 Å². The van der Waals surface area contributed by atoms with E-state index in [1.54, 1.807) is 0 Å². The van der Waals surface area contributed by atoms with Crippen molar-refractivity contribution in [3.05, 3.63) is 193 Å². The summed E-state index contributed by atoms with van der Waals surface area (Å²) in [5, 5.41) is 4.99. The van der Waals surface area contributed by atoms with Crippen molar-refractivity contribution in [2.24, 2.45) is 0 Å². The number of para-hydroxylation sites is 1. The molecule has 0 unspecified atom stereocenters. The Bertz CT molecular complexity index is 2640. The fourth-order valence-electron chi connectivity index (χ4n) is 7.68. The summed E-state index contributed by atoms with van der Waals surface area (Å²) in [6.07, 6.45) is 4.56. The Balaban J connectivity index is 1.22. The lowest BCUT2D eigenvalue weighted by Crippen LogP contribution is -2.10. The van der Waals surface area contributed by atoms with E-state index >= 15 is 0 Å². The summed E-state index contributed by atoms with van der Waals surface area (Å²) in [6, 6.07) is 66.0. The van der Waals surface area contributed by atoms with Gasteiger partial charge < -0.3 is 9.47 Å². The average molecular weight is 637 g/mol. The summed E-state index contributed by atoms with van der Waals surface area (Å²) in [6.45, 7) is 0. The van der Waals surface area contributed by atoms with E-state index in [4.69, 9.17) is 0 Å². The molecule has 0 radical (unpaired) electrons. The van der Waals surface area contributed by atoms with Crippen molar-refractivity contribution in [2.75, 3.05) is 4.90 Å². The van der Waals surface area contributed by atoms with Crippen molar-refractivity contribution < 1.29 is 0 Å². The monoisotopic (exact) mass is 636 g/mol. The normalized spacial score (nSPS) is 11.9. The van der Waals surface area contributed by atoms with E-state index in [1.807, 2.05) is 0 Å². The molecule has 0 atom stereocenters. The second-order valence-corrected chi connectivity index (χ2v) is 13.0. The first-order valence-corrected chi connectivity index (χ1v) is 17.2. The van der Waals surface area contributed by atoms with Crippen molar-refractivity contribution in [2.45, 2.75) is 0 Å². The fourth-order valence-corrected chi connectivity index (χ4v) is 7.68. The third-order valence-corrected chi connectivity index (χ3v) is 10.1. The van der Waals surface area contributed by atoms with Crippen LogP contribution in [-0.2, 0) is 0 Å². The van der Waals surface area contributed by atoms with Crippen molar-refractivity contribution >= 4 is 61.8 Å². The molecule has 1 aliphatic rings. The summed E-state index contributed by atoms with van der Waals surface area (Å²) in [7, 11) is 0. The fraction of sp³-hybridized carbons (Fsp3) is 0. The van der Waals surface area contributed by atoms with E-state index in [9.17, 15) is 0 Å². The van der Waals surface area contributed by atoms with Crippen molar-refractivity contribution in [1.29, 1.82) is 0 Å². The zero-order valence-electron chi connectivity index (χ0n) is 27.4. The largest absolute Gasteiger partial charge is 0.310 e. The lowest BCUT2D eigenvalue weighted by atomic mass is 10.0. The number of hydrogen-bond acceptors (Lipinski definition) is 1. The van der Waals surface area contributed by atoms with Gasteiger partial charge in [-0.25, -0.2) is 0 Å².